The van der Waals surface area contributed by atoms with Crippen LogP contribution in [0.1, 0.15) is 26.3 Å². The van der Waals surface area contributed by atoms with Gasteiger partial charge in [-0.3, -0.25) is 0 Å². The van der Waals surface area contributed by atoms with E-state index in [4.69, 9.17) is 4.74 Å². The van der Waals surface area contributed by atoms with Crippen LogP contribution in [0.3, 0.4) is 0 Å². The molecule has 0 fully saturated rings. The first-order valence-electron chi connectivity index (χ1n) is 5.52. The van der Waals surface area contributed by atoms with Crippen molar-refractivity contribution in [2.24, 2.45) is 0 Å². The molecule has 0 unspecified atom stereocenters. The fraction of sp³-hybridized carbons (Fsp3) is 0.357. The van der Waals surface area contributed by atoms with Crippen LogP contribution in [0.2, 0.25) is 0 Å². The number of allylic oxidation sites excluding steroid dienone is 1. The highest BCUT2D eigenvalue weighted by Gasteiger charge is 2.08. The van der Waals surface area contributed by atoms with Crippen molar-refractivity contribution >= 4 is 5.97 Å². The summed E-state index contributed by atoms with van der Waals surface area (Å²) in [6.07, 6.45) is 0.797. The fourth-order valence-electron chi connectivity index (χ4n) is 1.45. The Morgan fingerprint density at radius 2 is 1.81 bits per heavy atom. The highest BCUT2D eigenvalue weighted by atomic mass is 16.5. The van der Waals surface area contributed by atoms with E-state index in [1.165, 1.54) is 5.56 Å². The first kappa shape index (κ1) is 12.5. The van der Waals surface area contributed by atoms with E-state index in [1.54, 1.807) is 0 Å². The maximum absolute atomic E-state index is 11.5. The molecule has 2 nitrogen and oxygen atoms in total. The summed E-state index contributed by atoms with van der Waals surface area (Å²) in [6, 6.07) is 10.1. The minimum Gasteiger partial charge on any atom is -0.463 e. The van der Waals surface area contributed by atoms with Gasteiger partial charge in [0.05, 0.1) is 6.61 Å². The summed E-state index contributed by atoms with van der Waals surface area (Å²) in [5, 5.41) is 0. The van der Waals surface area contributed by atoms with Crippen LogP contribution in [0.25, 0.3) is 0 Å². The summed E-state index contributed by atoms with van der Waals surface area (Å²) < 4.78 is 4.97. The molecule has 0 radical (unpaired) electrons. The summed E-state index contributed by atoms with van der Waals surface area (Å²) in [5.74, 6) is -0.212. The molecule has 0 amide bonds. The van der Waals surface area contributed by atoms with Crippen molar-refractivity contribution in [2.45, 2.75) is 27.2 Å². The SMILES string of the molecule is CCOC(=O)C(C)=C(C)Cc1ccccc1. The van der Waals surface area contributed by atoms with Gasteiger partial charge in [-0.25, -0.2) is 4.79 Å². The molecule has 0 aliphatic carbocycles. The van der Waals surface area contributed by atoms with Gasteiger partial charge in [-0.15, -0.1) is 0 Å². The van der Waals surface area contributed by atoms with E-state index in [9.17, 15) is 4.79 Å². The second-order valence-corrected chi connectivity index (χ2v) is 3.79. The fourth-order valence-corrected chi connectivity index (χ4v) is 1.45. The third-order valence-corrected chi connectivity index (χ3v) is 2.53. The smallest absolute Gasteiger partial charge is 0.333 e. The Morgan fingerprint density at radius 1 is 1.19 bits per heavy atom. The number of hydrogen-bond donors (Lipinski definition) is 0. The Hall–Kier alpha value is -1.57. The molecule has 1 aromatic rings. The second-order valence-electron chi connectivity index (χ2n) is 3.79. The number of carbonyl (C=O) groups excluding carboxylic acids is 1. The van der Waals surface area contributed by atoms with E-state index in [0.29, 0.717) is 12.2 Å². The molecule has 0 saturated carbocycles. The Labute approximate surface area is 96.9 Å². The average molecular weight is 218 g/mol. The number of esters is 1. The average Bonchev–Trinajstić information content (AvgIpc) is 2.29. The molecule has 1 rings (SSSR count). The van der Waals surface area contributed by atoms with E-state index in [2.05, 4.69) is 12.1 Å². The number of rotatable bonds is 4. The normalized spacial score (nSPS) is 11.9. The number of carbonyl (C=O) groups is 1. The molecule has 0 aliphatic rings. The molecule has 0 atom stereocenters. The molecule has 2 heteroatoms. The van der Waals surface area contributed by atoms with Gasteiger partial charge in [0, 0.05) is 5.57 Å². The summed E-state index contributed by atoms with van der Waals surface area (Å²) in [6.45, 7) is 6.03. The molecule has 86 valence electrons. The van der Waals surface area contributed by atoms with Crippen LogP contribution < -0.4 is 0 Å². The van der Waals surface area contributed by atoms with Crippen molar-refractivity contribution in [1.29, 1.82) is 0 Å². The lowest BCUT2D eigenvalue weighted by atomic mass is 10.0. The maximum Gasteiger partial charge on any atom is 0.333 e. The first-order chi connectivity index (χ1) is 7.65. The third kappa shape index (κ3) is 3.54. The van der Waals surface area contributed by atoms with Gasteiger partial charge in [-0.2, -0.15) is 0 Å². The maximum atomic E-state index is 11.5. The Bertz CT molecular complexity index is 377. The summed E-state index contributed by atoms with van der Waals surface area (Å²) >= 11 is 0. The lowest BCUT2D eigenvalue weighted by molar-refractivity contribution is -0.138. The lowest BCUT2D eigenvalue weighted by Crippen LogP contribution is -2.07. The predicted octanol–water partition coefficient (Wildman–Crippen LogP) is 3.13. The zero-order valence-electron chi connectivity index (χ0n) is 10.1. The Kier molecular flexibility index (Phi) is 4.77. The van der Waals surface area contributed by atoms with Crippen LogP contribution in [-0.2, 0) is 16.0 Å². The van der Waals surface area contributed by atoms with Gasteiger partial charge in [0.15, 0.2) is 0 Å². The molecule has 16 heavy (non-hydrogen) atoms. The zero-order valence-corrected chi connectivity index (χ0v) is 10.1. The Morgan fingerprint density at radius 3 is 2.38 bits per heavy atom. The minimum absolute atomic E-state index is 0.212. The van der Waals surface area contributed by atoms with Crippen molar-refractivity contribution in [3.63, 3.8) is 0 Å². The molecule has 0 saturated heterocycles. The van der Waals surface area contributed by atoms with Crippen LogP contribution in [-0.4, -0.2) is 12.6 Å². The molecule has 0 bridgehead atoms. The van der Waals surface area contributed by atoms with E-state index < -0.39 is 0 Å². The number of benzene rings is 1. The van der Waals surface area contributed by atoms with Crippen LogP contribution in [0.15, 0.2) is 41.5 Å². The Balaban J connectivity index is 2.73. The minimum atomic E-state index is -0.212. The molecule has 1 aromatic carbocycles. The van der Waals surface area contributed by atoms with Crippen molar-refractivity contribution in [3.8, 4) is 0 Å². The molecule has 0 aromatic heterocycles. The van der Waals surface area contributed by atoms with Crippen molar-refractivity contribution in [3.05, 3.63) is 47.0 Å². The van der Waals surface area contributed by atoms with Gasteiger partial charge in [-0.1, -0.05) is 35.9 Å². The van der Waals surface area contributed by atoms with E-state index in [1.807, 2.05) is 39.0 Å². The molecule has 0 aliphatic heterocycles. The molecular formula is C14H18O2. The third-order valence-electron chi connectivity index (χ3n) is 2.53. The van der Waals surface area contributed by atoms with Gasteiger partial charge in [0.1, 0.15) is 0 Å². The van der Waals surface area contributed by atoms with Crippen LogP contribution in [0.4, 0.5) is 0 Å². The van der Waals surface area contributed by atoms with Gasteiger partial charge in [-0.05, 0) is 32.8 Å². The van der Waals surface area contributed by atoms with Crippen LogP contribution in [0, 0.1) is 0 Å². The summed E-state index contributed by atoms with van der Waals surface area (Å²) in [7, 11) is 0. The largest absolute Gasteiger partial charge is 0.463 e. The van der Waals surface area contributed by atoms with Crippen LogP contribution in [0.5, 0.6) is 0 Å². The van der Waals surface area contributed by atoms with Crippen molar-refractivity contribution < 1.29 is 9.53 Å². The van der Waals surface area contributed by atoms with E-state index >= 15 is 0 Å². The molecule has 0 heterocycles. The highest BCUT2D eigenvalue weighted by molar-refractivity contribution is 5.88. The highest BCUT2D eigenvalue weighted by Crippen LogP contribution is 2.12. The van der Waals surface area contributed by atoms with Gasteiger partial charge in [0.25, 0.3) is 0 Å². The number of hydrogen-bond acceptors (Lipinski definition) is 2. The first-order valence-corrected chi connectivity index (χ1v) is 5.52. The predicted molar refractivity (Wildman–Crippen MR) is 65.2 cm³/mol. The second kappa shape index (κ2) is 6.11. The quantitative estimate of drug-likeness (QED) is 0.573. The topological polar surface area (TPSA) is 26.3 Å². The van der Waals surface area contributed by atoms with Gasteiger partial charge < -0.3 is 4.74 Å². The van der Waals surface area contributed by atoms with E-state index in [0.717, 1.165) is 12.0 Å². The van der Waals surface area contributed by atoms with Gasteiger partial charge in [0.2, 0.25) is 0 Å². The van der Waals surface area contributed by atoms with Crippen LogP contribution >= 0.6 is 0 Å². The molecule has 0 spiro atoms. The number of ether oxygens (including phenoxy) is 1. The molecule has 0 N–H and O–H groups in total. The lowest BCUT2D eigenvalue weighted by Gasteiger charge is -2.07. The van der Waals surface area contributed by atoms with Crippen molar-refractivity contribution in [2.75, 3.05) is 6.61 Å². The standard InChI is InChI=1S/C14H18O2/c1-4-16-14(15)12(3)11(2)10-13-8-6-5-7-9-13/h5-9H,4,10H2,1-3H3. The monoisotopic (exact) mass is 218 g/mol. The van der Waals surface area contributed by atoms with Gasteiger partial charge >= 0.3 is 5.97 Å². The summed E-state index contributed by atoms with van der Waals surface area (Å²) in [5.41, 5.74) is 2.99. The van der Waals surface area contributed by atoms with E-state index in [-0.39, 0.29) is 5.97 Å². The summed E-state index contributed by atoms with van der Waals surface area (Å²) in [4.78, 5) is 11.5. The zero-order chi connectivity index (χ0) is 12.0. The molecular weight excluding hydrogens is 200 g/mol. The van der Waals surface area contributed by atoms with Crippen molar-refractivity contribution in [1.82, 2.24) is 0 Å².